The van der Waals surface area contributed by atoms with Crippen LogP contribution in [0.25, 0.3) is 0 Å². The summed E-state index contributed by atoms with van der Waals surface area (Å²) < 4.78 is 5.37. The summed E-state index contributed by atoms with van der Waals surface area (Å²) in [5.41, 5.74) is 4.45. The molecule has 0 aromatic heterocycles. The highest BCUT2D eigenvalue weighted by Crippen LogP contribution is 2.31. The number of hydrogen-bond donors (Lipinski definition) is 1. The van der Waals surface area contributed by atoms with Gasteiger partial charge in [0.1, 0.15) is 5.75 Å². The molecule has 1 atom stereocenters. The van der Waals surface area contributed by atoms with Gasteiger partial charge in [0.2, 0.25) is 0 Å². The molecule has 1 amide bonds. The predicted octanol–water partition coefficient (Wildman–Crippen LogP) is 3.45. The van der Waals surface area contributed by atoms with Crippen molar-refractivity contribution in [2.24, 2.45) is 0 Å². The molecule has 4 rings (SSSR count). The zero-order valence-electron chi connectivity index (χ0n) is 19.2. The number of carbonyl (C=O) groups excluding carboxylic acids is 1. The Labute approximate surface area is 196 Å². The van der Waals surface area contributed by atoms with E-state index >= 15 is 0 Å². The molecule has 2 heterocycles. The number of aryl methyl sites for hydroxylation is 1. The maximum absolute atomic E-state index is 13.0. The molecule has 0 unspecified atom stereocenters. The molecule has 2 aliphatic heterocycles. The summed E-state index contributed by atoms with van der Waals surface area (Å²) in [6.45, 7) is 5.65. The maximum Gasteiger partial charge on any atom is 0.255 e. The summed E-state index contributed by atoms with van der Waals surface area (Å²) in [7, 11) is 5.89. The highest BCUT2D eigenvalue weighted by molar-refractivity contribution is 6.31. The molecule has 2 aromatic carbocycles. The van der Waals surface area contributed by atoms with Gasteiger partial charge in [-0.2, -0.15) is 0 Å². The van der Waals surface area contributed by atoms with E-state index in [2.05, 4.69) is 52.3 Å². The molecule has 0 spiro atoms. The number of benzene rings is 2. The molecule has 0 saturated carbocycles. The lowest BCUT2D eigenvalue weighted by Gasteiger charge is -2.39. The Hall–Kier alpha value is -2.28. The summed E-state index contributed by atoms with van der Waals surface area (Å²) in [6, 6.07) is 12.1. The molecular formula is C25H33ClN4O2. The van der Waals surface area contributed by atoms with Crippen molar-refractivity contribution in [2.75, 3.05) is 65.4 Å². The normalized spacial score (nSPS) is 18.2. The average Bonchev–Trinajstić information content (AvgIpc) is 2.80. The Balaban J connectivity index is 1.57. The van der Waals surface area contributed by atoms with Gasteiger partial charge < -0.3 is 19.9 Å². The minimum Gasteiger partial charge on any atom is -0.496 e. The minimum absolute atomic E-state index is 0.121. The van der Waals surface area contributed by atoms with Crippen LogP contribution < -0.4 is 15.0 Å². The Morgan fingerprint density at radius 2 is 1.88 bits per heavy atom. The predicted molar refractivity (Wildman–Crippen MR) is 130 cm³/mol. The first-order valence-electron chi connectivity index (χ1n) is 11.3. The van der Waals surface area contributed by atoms with Crippen molar-refractivity contribution in [1.82, 2.24) is 15.1 Å². The van der Waals surface area contributed by atoms with Crippen molar-refractivity contribution in [3.63, 3.8) is 0 Å². The number of amides is 1. The van der Waals surface area contributed by atoms with Crippen LogP contribution >= 0.6 is 11.6 Å². The van der Waals surface area contributed by atoms with E-state index in [0.29, 0.717) is 22.9 Å². The van der Waals surface area contributed by atoms with Crippen LogP contribution in [-0.2, 0) is 6.42 Å². The van der Waals surface area contributed by atoms with Crippen molar-refractivity contribution in [3.8, 4) is 5.75 Å². The van der Waals surface area contributed by atoms with Crippen LogP contribution in [0.2, 0.25) is 5.02 Å². The fourth-order valence-corrected chi connectivity index (χ4v) is 4.92. The summed E-state index contributed by atoms with van der Waals surface area (Å²) >= 11 is 6.14. The number of hydrogen-bond acceptors (Lipinski definition) is 5. The topological polar surface area (TPSA) is 48.1 Å². The average molecular weight is 457 g/mol. The number of carbonyl (C=O) groups is 1. The highest BCUT2D eigenvalue weighted by Gasteiger charge is 2.26. The lowest BCUT2D eigenvalue weighted by atomic mass is 9.95. The number of methoxy groups -OCH3 is 1. The third kappa shape index (κ3) is 5.03. The number of ether oxygens (including phenoxy) is 1. The third-order valence-corrected chi connectivity index (χ3v) is 6.92. The fourth-order valence-electron chi connectivity index (χ4n) is 4.75. The van der Waals surface area contributed by atoms with Gasteiger partial charge in [-0.05, 0) is 55.3 Å². The molecule has 1 N–H and O–H groups in total. The van der Waals surface area contributed by atoms with E-state index in [1.807, 2.05) is 0 Å². The molecule has 2 aliphatic rings. The summed E-state index contributed by atoms with van der Waals surface area (Å²) in [6.07, 6.45) is 2.28. The summed E-state index contributed by atoms with van der Waals surface area (Å²) in [4.78, 5) is 20.2. The Morgan fingerprint density at radius 3 is 2.62 bits per heavy atom. The van der Waals surface area contributed by atoms with E-state index in [9.17, 15) is 4.79 Å². The van der Waals surface area contributed by atoms with Gasteiger partial charge in [-0.15, -0.1) is 0 Å². The standard InChI is InChI=1S/C25H33ClN4O2/c1-28-11-13-30(14-12-28)23(19-6-8-22-18(15-19)5-4-10-29(22)2)17-27-25(31)21-16-20(26)7-9-24(21)32-3/h6-9,15-16,23H,4-5,10-14,17H2,1-3H3,(H,27,31)/t23-/m0/s1. The molecule has 172 valence electrons. The first-order chi connectivity index (χ1) is 15.5. The van der Waals surface area contributed by atoms with E-state index in [-0.39, 0.29) is 11.9 Å². The van der Waals surface area contributed by atoms with Crippen LogP contribution in [-0.4, -0.2) is 76.2 Å². The number of piperazine rings is 1. The molecule has 0 bridgehead atoms. The van der Waals surface area contributed by atoms with Crippen LogP contribution in [0.15, 0.2) is 36.4 Å². The Morgan fingerprint density at radius 1 is 1.09 bits per heavy atom. The maximum atomic E-state index is 13.0. The number of nitrogens with one attached hydrogen (secondary N) is 1. The lowest BCUT2D eigenvalue weighted by Crippen LogP contribution is -2.48. The van der Waals surface area contributed by atoms with Crippen molar-refractivity contribution in [3.05, 3.63) is 58.1 Å². The SMILES string of the molecule is COc1ccc(Cl)cc1C(=O)NC[C@@H](c1ccc2c(c1)CCCN2C)N1CCN(C)CC1. The second-order valence-electron chi connectivity index (χ2n) is 8.82. The monoisotopic (exact) mass is 456 g/mol. The number of anilines is 1. The fraction of sp³-hybridized carbons (Fsp3) is 0.480. The zero-order valence-corrected chi connectivity index (χ0v) is 20.0. The number of likely N-dealkylation sites (N-methyl/N-ethyl adjacent to an activating group) is 1. The van der Waals surface area contributed by atoms with Crippen molar-refractivity contribution < 1.29 is 9.53 Å². The first kappa shape index (κ1) is 22.9. The number of fused-ring (bicyclic) bond motifs is 1. The smallest absolute Gasteiger partial charge is 0.255 e. The minimum atomic E-state index is -0.166. The van der Waals surface area contributed by atoms with E-state index in [4.69, 9.17) is 16.3 Å². The lowest BCUT2D eigenvalue weighted by molar-refractivity contribution is 0.0883. The van der Waals surface area contributed by atoms with Gasteiger partial charge in [-0.1, -0.05) is 23.7 Å². The third-order valence-electron chi connectivity index (χ3n) is 6.68. The van der Waals surface area contributed by atoms with Crippen LogP contribution in [0.4, 0.5) is 5.69 Å². The number of rotatable bonds is 6. The van der Waals surface area contributed by atoms with Crippen LogP contribution in [0, 0.1) is 0 Å². The Kier molecular flexibility index (Phi) is 7.23. The van der Waals surface area contributed by atoms with E-state index in [1.165, 1.54) is 23.2 Å². The van der Waals surface area contributed by atoms with Crippen molar-refractivity contribution in [1.29, 1.82) is 0 Å². The van der Waals surface area contributed by atoms with Crippen molar-refractivity contribution in [2.45, 2.75) is 18.9 Å². The largest absolute Gasteiger partial charge is 0.496 e. The van der Waals surface area contributed by atoms with E-state index < -0.39 is 0 Å². The van der Waals surface area contributed by atoms with Crippen LogP contribution in [0.3, 0.4) is 0 Å². The first-order valence-corrected chi connectivity index (χ1v) is 11.7. The van der Waals surface area contributed by atoms with Gasteiger partial charge in [0.05, 0.1) is 18.7 Å². The molecule has 0 radical (unpaired) electrons. The Bertz CT molecular complexity index is 959. The second-order valence-corrected chi connectivity index (χ2v) is 9.26. The molecule has 1 saturated heterocycles. The van der Waals surface area contributed by atoms with Gasteiger partial charge in [-0.25, -0.2) is 0 Å². The van der Waals surface area contributed by atoms with E-state index in [0.717, 1.165) is 39.1 Å². The quantitative estimate of drug-likeness (QED) is 0.721. The van der Waals surface area contributed by atoms with Gasteiger partial charge in [-0.3, -0.25) is 9.69 Å². The summed E-state index contributed by atoms with van der Waals surface area (Å²) in [5.74, 6) is 0.362. The molecular weight excluding hydrogens is 424 g/mol. The molecule has 0 aliphatic carbocycles. The van der Waals surface area contributed by atoms with Gasteiger partial charge in [0.25, 0.3) is 5.91 Å². The van der Waals surface area contributed by atoms with Crippen LogP contribution in [0.5, 0.6) is 5.75 Å². The number of nitrogens with zero attached hydrogens (tertiary/aromatic N) is 3. The summed E-state index contributed by atoms with van der Waals surface area (Å²) in [5, 5.41) is 3.67. The molecule has 6 nitrogen and oxygen atoms in total. The van der Waals surface area contributed by atoms with Crippen molar-refractivity contribution >= 4 is 23.2 Å². The molecule has 32 heavy (non-hydrogen) atoms. The molecule has 7 heteroatoms. The van der Waals surface area contributed by atoms with Gasteiger partial charge in [0.15, 0.2) is 0 Å². The number of halogens is 1. The molecule has 2 aromatic rings. The highest BCUT2D eigenvalue weighted by atomic mass is 35.5. The van der Waals surface area contributed by atoms with Gasteiger partial charge >= 0.3 is 0 Å². The van der Waals surface area contributed by atoms with Gasteiger partial charge in [0, 0.05) is 57.0 Å². The van der Waals surface area contributed by atoms with E-state index in [1.54, 1.807) is 25.3 Å². The second kappa shape index (κ2) is 10.1. The van der Waals surface area contributed by atoms with Crippen LogP contribution in [0.1, 0.15) is 33.9 Å². The zero-order chi connectivity index (χ0) is 22.7. The molecule has 1 fully saturated rings.